The molecule has 1 heterocycles. The van der Waals surface area contributed by atoms with E-state index < -0.39 is 5.41 Å². The van der Waals surface area contributed by atoms with Gasteiger partial charge in [0.15, 0.2) is 0 Å². The molecule has 0 radical (unpaired) electrons. The Kier molecular flexibility index (Phi) is 10.2. The number of aromatic nitrogens is 1. The molecular formula is C78H54N2. The monoisotopic (exact) mass is 1020 g/mol. The Morgan fingerprint density at radius 2 is 0.713 bits per heavy atom. The lowest BCUT2D eigenvalue weighted by atomic mass is 9.67. The molecule has 0 amide bonds. The summed E-state index contributed by atoms with van der Waals surface area (Å²) in [6.07, 6.45) is 0. The molecule has 2 aliphatic carbocycles. The fraction of sp³-hybridized carbons (Fsp3) is 0.0513. The largest absolute Gasteiger partial charge is 0.310 e. The zero-order valence-electron chi connectivity index (χ0n) is 44.6. The predicted molar refractivity (Wildman–Crippen MR) is 336 cm³/mol. The molecule has 0 bridgehead atoms. The molecular weight excluding hydrogens is 965 g/mol. The van der Waals surface area contributed by atoms with E-state index in [-0.39, 0.29) is 5.41 Å². The fourth-order valence-corrected chi connectivity index (χ4v) is 14.4. The quantitative estimate of drug-likeness (QED) is 0.138. The van der Waals surface area contributed by atoms with Crippen LogP contribution in [-0.4, -0.2) is 4.57 Å². The van der Waals surface area contributed by atoms with Crippen molar-refractivity contribution in [2.45, 2.75) is 24.7 Å². The molecule has 0 spiro atoms. The highest BCUT2D eigenvalue weighted by molar-refractivity contribution is 6.22. The summed E-state index contributed by atoms with van der Waals surface area (Å²) in [7, 11) is 0. The molecule has 0 saturated heterocycles. The number of rotatable bonds is 8. The Morgan fingerprint density at radius 3 is 1.34 bits per heavy atom. The van der Waals surface area contributed by atoms with Crippen molar-refractivity contribution in [3.8, 4) is 50.2 Å². The van der Waals surface area contributed by atoms with Gasteiger partial charge in [-0.15, -0.1) is 0 Å². The minimum Gasteiger partial charge on any atom is -0.310 e. The summed E-state index contributed by atoms with van der Waals surface area (Å²) in [6, 6.07) is 109. The van der Waals surface area contributed by atoms with Gasteiger partial charge in [-0.25, -0.2) is 0 Å². The van der Waals surface area contributed by atoms with Crippen LogP contribution < -0.4 is 4.90 Å². The van der Waals surface area contributed by atoms with E-state index in [2.05, 4.69) is 315 Å². The molecule has 16 rings (SSSR count). The summed E-state index contributed by atoms with van der Waals surface area (Å²) in [4.78, 5) is 2.52. The first-order valence-electron chi connectivity index (χ1n) is 28.0. The van der Waals surface area contributed by atoms with Crippen LogP contribution >= 0.6 is 0 Å². The van der Waals surface area contributed by atoms with E-state index in [4.69, 9.17) is 0 Å². The van der Waals surface area contributed by atoms with Crippen LogP contribution in [0.1, 0.15) is 47.2 Å². The van der Waals surface area contributed by atoms with Gasteiger partial charge in [0.1, 0.15) is 0 Å². The normalized spacial score (nSPS) is 13.6. The molecule has 0 atom stereocenters. The van der Waals surface area contributed by atoms with Crippen molar-refractivity contribution in [3.63, 3.8) is 0 Å². The number of nitrogens with zero attached hydrogens (tertiary/aromatic N) is 2. The maximum absolute atomic E-state index is 2.52. The molecule has 0 fully saturated rings. The number of hydrogen-bond acceptors (Lipinski definition) is 1. The van der Waals surface area contributed by atoms with Crippen LogP contribution in [0.4, 0.5) is 17.1 Å². The molecule has 1 aromatic heterocycles. The maximum atomic E-state index is 2.52. The third kappa shape index (κ3) is 6.66. The molecule has 0 aliphatic heterocycles. The lowest BCUT2D eigenvalue weighted by Crippen LogP contribution is -2.28. The van der Waals surface area contributed by atoms with Gasteiger partial charge >= 0.3 is 0 Å². The van der Waals surface area contributed by atoms with Gasteiger partial charge in [0.25, 0.3) is 0 Å². The summed E-state index contributed by atoms with van der Waals surface area (Å²) in [5, 5.41) is 7.30. The van der Waals surface area contributed by atoms with Crippen molar-refractivity contribution >= 4 is 60.4 Å². The summed E-state index contributed by atoms with van der Waals surface area (Å²) in [5.41, 5.74) is 23.9. The highest BCUT2D eigenvalue weighted by Gasteiger charge is 2.46. The second-order valence-corrected chi connectivity index (χ2v) is 22.3. The minimum atomic E-state index is -0.549. The van der Waals surface area contributed by atoms with Crippen molar-refractivity contribution in [2.24, 2.45) is 0 Å². The lowest BCUT2D eigenvalue weighted by Gasteiger charge is -2.34. The van der Waals surface area contributed by atoms with Crippen LogP contribution in [0.25, 0.3) is 93.5 Å². The van der Waals surface area contributed by atoms with E-state index in [9.17, 15) is 0 Å². The zero-order valence-corrected chi connectivity index (χ0v) is 44.6. The Balaban J connectivity index is 0.992. The standard InChI is InChI=1S/C78H54N2/c1-77(2)69-36-20-17-31-59(69)62-43-40-58(50-72(62)77)79(56-41-44-65-68(49-56)76(52-25-9-4-10-26-52)64-35-16-15-34-63(64)75(65)51-23-7-3-8-24-51)57-42-46-74-67(48-57)66-47-54(39-45-73(66)80(74)55-29-13-6-14-30-55)78(53-27-11-5-12-28-53)70-37-21-18-32-60(70)61-33-19-22-38-71(61)78/h3-50H,1-2H3. The number of hydrogen-bond donors (Lipinski definition) is 0. The Morgan fingerprint density at radius 1 is 0.287 bits per heavy atom. The third-order valence-electron chi connectivity index (χ3n) is 17.8. The van der Waals surface area contributed by atoms with Crippen molar-refractivity contribution < 1.29 is 0 Å². The number of anilines is 3. The van der Waals surface area contributed by atoms with Gasteiger partial charge in [-0.3, -0.25) is 0 Å². The van der Waals surface area contributed by atoms with Gasteiger partial charge in [0, 0.05) is 38.9 Å². The first-order chi connectivity index (χ1) is 39.5. The number of benzene rings is 13. The Bertz CT molecular complexity index is 4730. The van der Waals surface area contributed by atoms with Crippen molar-refractivity contribution in [3.05, 3.63) is 325 Å². The smallest absolute Gasteiger partial charge is 0.0713 e. The fourth-order valence-electron chi connectivity index (χ4n) is 14.4. The Hall–Kier alpha value is -10.0. The van der Waals surface area contributed by atoms with E-state index in [1.165, 1.54) is 110 Å². The molecule has 0 N–H and O–H groups in total. The van der Waals surface area contributed by atoms with Crippen molar-refractivity contribution in [2.75, 3.05) is 4.90 Å². The Labute approximate surface area is 466 Å². The van der Waals surface area contributed by atoms with Gasteiger partial charge in [-0.2, -0.15) is 0 Å². The van der Waals surface area contributed by atoms with Gasteiger partial charge in [0.05, 0.1) is 16.4 Å². The maximum Gasteiger partial charge on any atom is 0.0713 e. The first kappa shape index (κ1) is 46.1. The topological polar surface area (TPSA) is 8.17 Å². The van der Waals surface area contributed by atoms with Crippen LogP contribution in [0.5, 0.6) is 0 Å². The van der Waals surface area contributed by atoms with E-state index in [1.807, 2.05) is 0 Å². The lowest BCUT2D eigenvalue weighted by molar-refractivity contribution is 0.660. The molecule has 80 heavy (non-hydrogen) atoms. The van der Waals surface area contributed by atoms with Crippen LogP contribution in [-0.2, 0) is 10.8 Å². The second kappa shape index (κ2) is 17.8. The van der Waals surface area contributed by atoms with Crippen LogP contribution in [0.2, 0.25) is 0 Å². The predicted octanol–water partition coefficient (Wildman–Crippen LogP) is 20.6. The van der Waals surface area contributed by atoms with E-state index in [0.717, 1.165) is 33.8 Å². The molecule has 0 saturated carbocycles. The number of fused-ring (bicyclic) bond motifs is 11. The highest BCUT2D eigenvalue weighted by Crippen LogP contribution is 2.57. The average molecular weight is 1020 g/mol. The molecule has 0 unspecified atom stereocenters. The van der Waals surface area contributed by atoms with Crippen molar-refractivity contribution in [1.29, 1.82) is 0 Å². The van der Waals surface area contributed by atoms with Crippen LogP contribution in [0.3, 0.4) is 0 Å². The second-order valence-electron chi connectivity index (χ2n) is 22.3. The summed E-state index contributed by atoms with van der Waals surface area (Å²) < 4.78 is 2.46. The van der Waals surface area contributed by atoms with Crippen LogP contribution in [0.15, 0.2) is 291 Å². The summed E-state index contributed by atoms with van der Waals surface area (Å²) in [5.74, 6) is 0. The molecule has 14 aromatic rings. The molecule has 13 aromatic carbocycles. The first-order valence-corrected chi connectivity index (χ1v) is 28.0. The van der Waals surface area contributed by atoms with Crippen LogP contribution in [0, 0.1) is 0 Å². The molecule has 2 nitrogen and oxygen atoms in total. The van der Waals surface area contributed by atoms with Gasteiger partial charge < -0.3 is 9.47 Å². The number of para-hydroxylation sites is 1. The highest BCUT2D eigenvalue weighted by atomic mass is 15.1. The van der Waals surface area contributed by atoms with Gasteiger partial charge in [-0.1, -0.05) is 238 Å². The SMILES string of the molecule is CC1(C)c2ccccc2-c2ccc(N(c3ccc4c(-c5ccccc5)c5ccccc5c(-c5ccccc5)c4c3)c3ccc4c(c3)c3cc(C5(c6ccccc6)c6ccccc6-c6ccccc65)ccc3n4-c3ccccc3)cc21. The minimum absolute atomic E-state index is 0.198. The van der Waals surface area contributed by atoms with Gasteiger partial charge in [-0.05, 0) is 166 Å². The van der Waals surface area contributed by atoms with Crippen molar-refractivity contribution in [1.82, 2.24) is 4.57 Å². The molecule has 2 aliphatic rings. The summed E-state index contributed by atoms with van der Waals surface area (Å²) >= 11 is 0. The molecule has 2 heteroatoms. The average Bonchev–Trinajstić information content (AvgIpc) is 4.31. The van der Waals surface area contributed by atoms with E-state index in [0.29, 0.717) is 0 Å². The van der Waals surface area contributed by atoms with Gasteiger partial charge in [0.2, 0.25) is 0 Å². The zero-order chi connectivity index (χ0) is 53.1. The van der Waals surface area contributed by atoms with E-state index >= 15 is 0 Å². The summed E-state index contributed by atoms with van der Waals surface area (Å²) in [6.45, 7) is 4.77. The van der Waals surface area contributed by atoms with E-state index in [1.54, 1.807) is 0 Å². The third-order valence-corrected chi connectivity index (χ3v) is 17.8. The molecule has 376 valence electrons.